The number of rotatable bonds is 6. The van der Waals surface area contributed by atoms with E-state index in [1.807, 2.05) is 0 Å². The van der Waals surface area contributed by atoms with E-state index in [0.717, 1.165) is 19.1 Å². The predicted molar refractivity (Wildman–Crippen MR) is 106 cm³/mol. The van der Waals surface area contributed by atoms with E-state index in [2.05, 4.69) is 15.3 Å². The van der Waals surface area contributed by atoms with E-state index in [1.54, 1.807) is 0 Å². The number of fused-ring (bicyclic) bond motifs is 1. The summed E-state index contributed by atoms with van der Waals surface area (Å²) in [4.78, 5) is 18.0. The minimum atomic E-state index is -4.56. The Morgan fingerprint density at radius 1 is 1.20 bits per heavy atom. The van der Waals surface area contributed by atoms with E-state index in [1.165, 1.54) is 44.5 Å². The van der Waals surface area contributed by atoms with Gasteiger partial charge in [-0.05, 0) is 43.2 Å². The molecule has 2 unspecified atom stereocenters. The zero-order valence-electron chi connectivity index (χ0n) is 16.6. The van der Waals surface area contributed by atoms with Crippen LogP contribution >= 0.6 is 0 Å². The van der Waals surface area contributed by atoms with Gasteiger partial charge in [-0.2, -0.15) is 13.2 Å². The Hall–Kier alpha value is -3.10. The summed E-state index contributed by atoms with van der Waals surface area (Å²) >= 11 is 0. The summed E-state index contributed by atoms with van der Waals surface area (Å²) in [6.07, 6.45) is -3.44. The lowest BCUT2D eigenvalue weighted by atomic mass is 9.75. The van der Waals surface area contributed by atoms with Gasteiger partial charge >= 0.3 is 6.18 Å². The maximum Gasteiger partial charge on any atom is 0.396 e. The third-order valence-corrected chi connectivity index (χ3v) is 5.42. The van der Waals surface area contributed by atoms with Crippen molar-refractivity contribution in [2.24, 2.45) is 5.41 Å². The zero-order chi connectivity index (χ0) is 22.1. The van der Waals surface area contributed by atoms with Crippen molar-refractivity contribution in [2.75, 3.05) is 12.4 Å². The molecule has 2 N–H and O–H groups in total. The topological polar surface area (TPSA) is 67.0 Å². The first-order valence-electron chi connectivity index (χ1n) is 9.25. The van der Waals surface area contributed by atoms with Crippen molar-refractivity contribution in [1.82, 2.24) is 9.97 Å². The number of halogens is 4. The molecule has 3 rings (SSSR count). The molecule has 5 nitrogen and oxygen atoms in total. The highest BCUT2D eigenvalue weighted by Gasteiger charge is 2.55. The largest absolute Gasteiger partial charge is 0.481 e. The molecule has 0 aliphatic rings. The molecule has 30 heavy (non-hydrogen) atoms. The number of nitrogens with one attached hydrogen (secondary N) is 2. The number of pyridine rings is 2. The predicted octanol–water partition coefficient (Wildman–Crippen LogP) is 5.20. The summed E-state index contributed by atoms with van der Waals surface area (Å²) in [6.45, 7) is 2.56. The van der Waals surface area contributed by atoms with Crippen LogP contribution in [0.1, 0.15) is 31.9 Å². The lowest BCUT2D eigenvalue weighted by molar-refractivity contribution is -0.225. The van der Waals surface area contributed by atoms with Crippen LogP contribution < -0.4 is 15.6 Å². The van der Waals surface area contributed by atoms with Crippen LogP contribution in [-0.4, -0.2) is 23.3 Å². The molecule has 3 aromatic rings. The monoisotopic (exact) mass is 423 g/mol. The van der Waals surface area contributed by atoms with Crippen LogP contribution in [0.15, 0.2) is 47.4 Å². The third kappa shape index (κ3) is 3.96. The molecule has 1 aromatic carbocycles. The molecule has 0 aliphatic carbocycles. The molecule has 0 bridgehead atoms. The highest BCUT2D eigenvalue weighted by atomic mass is 19.4. The van der Waals surface area contributed by atoms with E-state index in [4.69, 9.17) is 4.74 Å². The van der Waals surface area contributed by atoms with Crippen LogP contribution in [0.3, 0.4) is 0 Å². The molecule has 0 radical (unpaired) electrons. The highest BCUT2D eigenvalue weighted by Crippen LogP contribution is 2.51. The second-order valence-corrected chi connectivity index (χ2v) is 7.21. The minimum Gasteiger partial charge on any atom is -0.481 e. The summed E-state index contributed by atoms with van der Waals surface area (Å²) < 4.78 is 61.8. The molecule has 9 heteroatoms. The fourth-order valence-electron chi connectivity index (χ4n) is 3.40. The first-order chi connectivity index (χ1) is 14.1. The molecule has 160 valence electrons. The number of H-pyrrole nitrogens is 1. The van der Waals surface area contributed by atoms with Crippen LogP contribution in [-0.2, 0) is 0 Å². The summed E-state index contributed by atoms with van der Waals surface area (Å²) in [6, 6.07) is 6.50. The molecule has 0 fully saturated rings. The fourth-order valence-corrected chi connectivity index (χ4v) is 3.40. The second kappa shape index (κ2) is 7.97. The van der Waals surface area contributed by atoms with Gasteiger partial charge < -0.3 is 15.0 Å². The first-order valence-corrected chi connectivity index (χ1v) is 9.25. The third-order valence-electron chi connectivity index (χ3n) is 5.42. The SMILES string of the molecule is CCC(C)(C(Nc1cc(F)cc2[nH]c(=O)ccc12)c1ccnc(OC)c1)C(F)(F)F. The van der Waals surface area contributed by atoms with Gasteiger partial charge in [0, 0.05) is 29.4 Å². The number of hydrogen-bond donors (Lipinski definition) is 2. The number of alkyl halides is 3. The zero-order valence-corrected chi connectivity index (χ0v) is 16.6. The van der Waals surface area contributed by atoms with Crippen LogP contribution in [0.2, 0.25) is 0 Å². The molecule has 0 aliphatic heterocycles. The molecule has 2 atom stereocenters. The highest BCUT2D eigenvalue weighted by molar-refractivity contribution is 5.91. The Kier molecular flexibility index (Phi) is 5.74. The van der Waals surface area contributed by atoms with E-state index < -0.39 is 29.0 Å². The Labute approximate surface area is 170 Å². The Morgan fingerprint density at radius 2 is 1.93 bits per heavy atom. The summed E-state index contributed by atoms with van der Waals surface area (Å²) in [5.41, 5.74) is -2.04. The van der Waals surface area contributed by atoms with Crippen molar-refractivity contribution in [1.29, 1.82) is 0 Å². The van der Waals surface area contributed by atoms with Crippen molar-refractivity contribution in [3.63, 3.8) is 0 Å². The number of hydrogen-bond acceptors (Lipinski definition) is 4. The molecular formula is C21H21F4N3O2. The minimum absolute atomic E-state index is 0.131. The van der Waals surface area contributed by atoms with Gasteiger partial charge in [-0.15, -0.1) is 0 Å². The number of aromatic amines is 1. The first kappa shape index (κ1) is 21.6. The van der Waals surface area contributed by atoms with Crippen molar-refractivity contribution >= 4 is 16.6 Å². The number of ether oxygens (including phenoxy) is 1. The summed E-state index contributed by atoms with van der Waals surface area (Å²) in [5, 5.41) is 3.27. The number of aromatic nitrogens is 2. The maximum atomic E-state index is 14.2. The van der Waals surface area contributed by atoms with Crippen LogP contribution in [0.4, 0.5) is 23.2 Å². The van der Waals surface area contributed by atoms with Crippen LogP contribution in [0, 0.1) is 11.2 Å². The standard InChI is InChI=1S/C21H21F4N3O2/c1-4-20(2,21(23,24)25)19(12-7-8-26-18(9-12)30-3)28-16-11-13(22)10-15-14(16)5-6-17(29)27-15/h5-11,19,28H,4H2,1-3H3,(H,27,29). The van der Waals surface area contributed by atoms with Gasteiger partial charge in [0.25, 0.3) is 0 Å². The summed E-state index contributed by atoms with van der Waals surface area (Å²) in [7, 11) is 1.37. The van der Waals surface area contributed by atoms with E-state index in [-0.39, 0.29) is 29.1 Å². The van der Waals surface area contributed by atoms with Gasteiger partial charge in [-0.1, -0.05) is 6.92 Å². The summed E-state index contributed by atoms with van der Waals surface area (Å²) in [5.74, 6) is -0.531. The Balaban J connectivity index is 2.21. The Bertz CT molecular complexity index is 1110. The molecule has 0 amide bonds. The molecule has 2 aromatic heterocycles. The fraction of sp³-hybridized carbons (Fsp3) is 0.333. The van der Waals surface area contributed by atoms with Gasteiger partial charge in [-0.3, -0.25) is 4.79 Å². The van der Waals surface area contributed by atoms with E-state index in [9.17, 15) is 22.4 Å². The van der Waals surface area contributed by atoms with Crippen molar-refractivity contribution in [2.45, 2.75) is 32.5 Å². The van der Waals surface area contributed by atoms with Gasteiger partial charge in [-0.25, -0.2) is 9.37 Å². The smallest absolute Gasteiger partial charge is 0.396 e. The molecule has 0 saturated heterocycles. The Morgan fingerprint density at radius 3 is 2.57 bits per heavy atom. The van der Waals surface area contributed by atoms with E-state index in [0.29, 0.717) is 5.39 Å². The number of methoxy groups -OCH3 is 1. The van der Waals surface area contributed by atoms with Crippen molar-refractivity contribution < 1.29 is 22.3 Å². The maximum absolute atomic E-state index is 14.2. The number of benzene rings is 1. The van der Waals surface area contributed by atoms with Crippen LogP contribution in [0.5, 0.6) is 5.88 Å². The number of nitrogens with zero attached hydrogens (tertiary/aromatic N) is 1. The number of anilines is 1. The van der Waals surface area contributed by atoms with Gasteiger partial charge in [0.15, 0.2) is 0 Å². The average Bonchev–Trinajstić information content (AvgIpc) is 2.70. The molecular weight excluding hydrogens is 402 g/mol. The lowest BCUT2D eigenvalue weighted by Crippen LogP contribution is -2.43. The lowest BCUT2D eigenvalue weighted by Gasteiger charge is -2.40. The molecule has 0 saturated carbocycles. The normalized spacial score (nSPS) is 14.9. The average molecular weight is 423 g/mol. The van der Waals surface area contributed by atoms with Gasteiger partial charge in [0.1, 0.15) is 5.82 Å². The van der Waals surface area contributed by atoms with Gasteiger partial charge in [0.2, 0.25) is 11.4 Å². The van der Waals surface area contributed by atoms with Crippen molar-refractivity contribution in [3.05, 3.63) is 64.3 Å². The second-order valence-electron chi connectivity index (χ2n) is 7.21. The van der Waals surface area contributed by atoms with E-state index >= 15 is 0 Å². The quantitative estimate of drug-likeness (QED) is 0.535. The molecule has 2 heterocycles. The van der Waals surface area contributed by atoms with Gasteiger partial charge in [0.05, 0.1) is 24.1 Å². The molecule has 0 spiro atoms. The van der Waals surface area contributed by atoms with Crippen LogP contribution in [0.25, 0.3) is 10.9 Å². The van der Waals surface area contributed by atoms with Crippen molar-refractivity contribution in [3.8, 4) is 5.88 Å².